The standard InChI is InChI=1S/C20H17ClN2O3/c1-26-18-8-3-2-7-17(18)22-20(25)15-9-10-19(24)23(13-15)12-14-5-4-6-16(21)11-14/h2-11,13H,12H2,1H3,(H,22,25). The van der Waals surface area contributed by atoms with Crippen LogP contribution in [0.1, 0.15) is 15.9 Å². The molecule has 2 aromatic carbocycles. The van der Waals surface area contributed by atoms with E-state index in [0.717, 1.165) is 5.56 Å². The number of halogens is 1. The van der Waals surface area contributed by atoms with Crippen LogP contribution in [0.25, 0.3) is 0 Å². The number of pyridine rings is 1. The number of para-hydroxylation sites is 2. The van der Waals surface area contributed by atoms with Crippen LogP contribution < -0.4 is 15.6 Å². The molecule has 3 aromatic rings. The van der Waals surface area contributed by atoms with Crippen LogP contribution in [-0.4, -0.2) is 17.6 Å². The van der Waals surface area contributed by atoms with E-state index in [1.807, 2.05) is 18.2 Å². The normalized spacial score (nSPS) is 10.4. The molecule has 5 nitrogen and oxygen atoms in total. The van der Waals surface area contributed by atoms with Crippen molar-refractivity contribution >= 4 is 23.2 Å². The van der Waals surface area contributed by atoms with Crippen molar-refractivity contribution in [2.75, 3.05) is 12.4 Å². The summed E-state index contributed by atoms with van der Waals surface area (Å²) in [7, 11) is 1.54. The number of benzene rings is 2. The van der Waals surface area contributed by atoms with Gasteiger partial charge in [-0.1, -0.05) is 35.9 Å². The summed E-state index contributed by atoms with van der Waals surface area (Å²) in [5.41, 5.74) is 1.62. The first-order chi connectivity index (χ1) is 12.6. The number of nitrogens with one attached hydrogen (secondary N) is 1. The van der Waals surface area contributed by atoms with Crippen molar-refractivity contribution in [3.63, 3.8) is 0 Å². The minimum Gasteiger partial charge on any atom is -0.495 e. The van der Waals surface area contributed by atoms with Gasteiger partial charge in [-0.2, -0.15) is 0 Å². The zero-order chi connectivity index (χ0) is 18.5. The van der Waals surface area contributed by atoms with Crippen LogP contribution >= 0.6 is 11.6 Å². The van der Waals surface area contributed by atoms with Gasteiger partial charge in [-0.25, -0.2) is 0 Å². The molecule has 0 aliphatic carbocycles. The summed E-state index contributed by atoms with van der Waals surface area (Å²) < 4.78 is 6.71. The molecule has 0 saturated heterocycles. The quantitative estimate of drug-likeness (QED) is 0.745. The highest BCUT2D eigenvalue weighted by atomic mass is 35.5. The van der Waals surface area contributed by atoms with E-state index in [-0.39, 0.29) is 11.5 Å². The number of rotatable bonds is 5. The predicted molar refractivity (Wildman–Crippen MR) is 102 cm³/mol. The van der Waals surface area contributed by atoms with Crippen LogP contribution in [0.3, 0.4) is 0 Å². The van der Waals surface area contributed by atoms with Gasteiger partial charge in [0.15, 0.2) is 0 Å². The lowest BCUT2D eigenvalue weighted by Crippen LogP contribution is -2.22. The Morgan fingerprint density at radius 3 is 2.69 bits per heavy atom. The maximum Gasteiger partial charge on any atom is 0.257 e. The molecule has 0 unspecified atom stereocenters. The molecule has 1 amide bonds. The molecule has 0 radical (unpaired) electrons. The van der Waals surface area contributed by atoms with Gasteiger partial charge in [-0.05, 0) is 35.9 Å². The number of hydrogen-bond donors (Lipinski definition) is 1. The second kappa shape index (κ2) is 7.89. The van der Waals surface area contributed by atoms with E-state index in [9.17, 15) is 9.59 Å². The molecular formula is C20H17ClN2O3. The van der Waals surface area contributed by atoms with Crippen LogP contribution in [0.15, 0.2) is 71.7 Å². The zero-order valence-corrected chi connectivity index (χ0v) is 14.9. The van der Waals surface area contributed by atoms with Crippen LogP contribution in [0, 0.1) is 0 Å². The topological polar surface area (TPSA) is 60.3 Å². The Balaban J connectivity index is 1.84. The number of carbonyl (C=O) groups is 1. The van der Waals surface area contributed by atoms with E-state index in [4.69, 9.17) is 16.3 Å². The Labute approximate surface area is 155 Å². The molecule has 0 aliphatic rings. The summed E-state index contributed by atoms with van der Waals surface area (Å²) in [4.78, 5) is 24.7. The highest BCUT2D eigenvalue weighted by Gasteiger charge is 2.11. The van der Waals surface area contributed by atoms with E-state index in [0.29, 0.717) is 28.6 Å². The van der Waals surface area contributed by atoms with Crippen molar-refractivity contribution in [1.29, 1.82) is 0 Å². The number of methoxy groups -OCH3 is 1. The van der Waals surface area contributed by atoms with E-state index in [2.05, 4.69) is 5.32 Å². The second-order valence-corrected chi connectivity index (χ2v) is 6.10. The minimum absolute atomic E-state index is 0.196. The minimum atomic E-state index is -0.325. The first-order valence-electron chi connectivity index (χ1n) is 7.96. The highest BCUT2D eigenvalue weighted by Crippen LogP contribution is 2.23. The van der Waals surface area contributed by atoms with E-state index in [1.165, 1.54) is 30.0 Å². The molecule has 0 saturated carbocycles. The van der Waals surface area contributed by atoms with Gasteiger partial charge < -0.3 is 14.6 Å². The van der Waals surface area contributed by atoms with Crippen LogP contribution in [-0.2, 0) is 6.54 Å². The maximum atomic E-state index is 12.5. The molecule has 132 valence electrons. The Morgan fingerprint density at radius 2 is 1.92 bits per heavy atom. The maximum absolute atomic E-state index is 12.5. The van der Waals surface area contributed by atoms with Gasteiger partial charge in [0.05, 0.1) is 24.9 Å². The van der Waals surface area contributed by atoms with Gasteiger partial charge in [0.1, 0.15) is 5.75 Å². The molecule has 0 aliphatic heterocycles. The Bertz CT molecular complexity index is 998. The van der Waals surface area contributed by atoms with Crippen molar-refractivity contribution in [1.82, 2.24) is 4.57 Å². The Hall–Kier alpha value is -3.05. The third kappa shape index (κ3) is 4.13. The molecule has 1 N–H and O–H groups in total. The van der Waals surface area contributed by atoms with Gasteiger partial charge in [-0.3, -0.25) is 9.59 Å². The summed E-state index contributed by atoms with van der Waals surface area (Å²) in [6.07, 6.45) is 1.54. The fourth-order valence-corrected chi connectivity index (χ4v) is 2.78. The second-order valence-electron chi connectivity index (χ2n) is 5.67. The third-order valence-corrected chi connectivity index (χ3v) is 4.08. The average Bonchev–Trinajstić information content (AvgIpc) is 2.64. The molecule has 26 heavy (non-hydrogen) atoms. The van der Waals surface area contributed by atoms with Crippen LogP contribution in [0.4, 0.5) is 5.69 Å². The summed E-state index contributed by atoms with van der Waals surface area (Å²) in [5.74, 6) is 0.238. The zero-order valence-electron chi connectivity index (χ0n) is 14.1. The molecule has 1 heterocycles. The Kier molecular flexibility index (Phi) is 5.39. The van der Waals surface area contributed by atoms with Crippen LogP contribution in [0.2, 0.25) is 5.02 Å². The van der Waals surface area contributed by atoms with Gasteiger partial charge >= 0.3 is 0 Å². The lowest BCUT2D eigenvalue weighted by atomic mass is 10.2. The van der Waals surface area contributed by atoms with Gasteiger partial charge in [0.2, 0.25) is 0 Å². The summed E-state index contributed by atoms with van der Waals surface area (Å²) in [6, 6.07) is 17.3. The monoisotopic (exact) mass is 368 g/mol. The van der Waals surface area contributed by atoms with E-state index in [1.54, 1.807) is 30.3 Å². The van der Waals surface area contributed by atoms with Crippen molar-refractivity contribution in [3.05, 3.63) is 93.4 Å². The van der Waals surface area contributed by atoms with Gasteiger partial charge in [0.25, 0.3) is 11.5 Å². The van der Waals surface area contributed by atoms with Crippen molar-refractivity contribution in [3.8, 4) is 5.75 Å². The molecule has 6 heteroatoms. The lowest BCUT2D eigenvalue weighted by Gasteiger charge is -2.11. The average molecular weight is 369 g/mol. The van der Waals surface area contributed by atoms with E-state index < -0.39 is 0 Å². The molecule has 0 bridgehead atoms. The van der Waals surface area contributed by atoms with Crippen molar-refractivity contribution in [2.24, 2.45) is 0 Å². The highest BCUT2D eigenvalue weighted by molar-refractivity contribution is 6.30. The predicted octanol–water partition coefficient (Wildman–Crippen LogP) is 3.81. The number of ether oxygens (including phenoxy) is 1. The molecule has 0 atom stereocenters. The number of hydrogen-bond acceptors (Lipinski definition) is 3. The number of anilines is 1. The Morgan fingerprint density at radius 1 is 1.12 bits per heavy atom. The smallest absolute Gasteiger partial charge is 0.257 e. The van der Waals surface area contributed by atoms with Crippen LogP contribution in [0.5, 0.6) is 5.75 Å². The molecule has 0 spiro atoms. The lowest BCUT2D eigenvalue weighted by molar-refractivity contribution is 0.102. The van der Waals surface area contributed by atoms with E-state index >= 15 is 0 Å². The number of aromatic nitrogens is 1. The fraction of sp³-hybridized carbons (Fsp3) is 0.100. The number of carbonyl (C=O) groups excluding carboxylic acids is 1. The van der Waals surface area contributed by atoms with Crippen molar-refractivity contribution < 1.29 is 9.53 Å². The van der Waals surface area contributed by atoms with Gasteiger partial charge in [-0.15, -0.1) is 0 Å². The first kappa shape index (κ1) is 17.8. The SMILES string of the molecule is COc1ccccc1NC(=O)c1ccc(=O)n(Cc2cccc(Cl)c2)c1. The largest absolute Gasteiger partial charge is 0.495 e. The molecular weight excluding hydrogens is 352 g/mol. The number of nitrogens with zero attached hydrogens (tertiary/aromatic N) is 1. The summed E-state index contributed by atoms with van der Waals surface area (Å²) >= 11 is 5.99. The first-order valence-corrected chi connectivity index (χ1v) is 8.34. The number of amides is 1. The summed E-state index contributed by atoms with van der Waals surface area (Å²) in [6.45, 7) is 0.329. The fourth-order valence-electron chi connectivity index (χ4n) is 2.56. The van der Waals surface area contributed by atoms with Crippen molar-refractivity contribution in [2.45, 2.75) is 6.54 Å². The molecule has 3 rings (SSSR count). The van der Waals surface area contributed by atoms with Gasteiger partial charge in [0, 0.05) is 17.3 Å². The molecule has 0 fully saturated rings. The molecule has 1 aromatic heterocycles. The third-order valence-electron chi connectivity index (χ3n) is 3.84. The summed E-state index contributed by atoms with van der Waals surface area (Å²) in [5, 5.41) is 3.39.